The molecule has 0 bridgehead atoms. The highest BCUT2D eigenvalue weighted by Gasteiger charge is 2.25. The van der Waals surface area contributed by atoms with Crippen molar-refractivity contribution in [3.05, 3.63) is 65.4 Å². The number of methoxy groups -OCH3 is 1. The highest BCUT2D eigenvalue weighted by atomic mass is 35.5. The molecule has 0 spiro atoms. The van der Waals surface area contributed by atoms with Crippen molar-refractivity contribution in [1.82, 2.24) is 24.7 Å². The van der Waals surface area contributed by atoms with E-state index < -0.39 is 0 Å². The average molecular weight is 575 g/mol. The van der Waals surface area contributed by atoms with Crippen LogP contribution in [0.15, 0.2) is 54.9 Å². The summed E-state index contributed by atoms with van der Waals surface area (Å²) in [4.78, 5) is 28.3. The molecule has 1 amide bonds. The van der Waals surface area contributed by atoms with Gasteiger partial charge < -0.3 is 25.1 Å². The van der Waals surface area contributed by atoms with Gasteiger partial charge in [0.25, 0.3) is 5.91 Å². The number of ether oxygens (including phenoxy) is 2. The Balaban J connectivity index is 1.21. The van der Waals surface area contributed by atoms with E-state index in [1.807, 2.05) is 41.4 Å². The molecule has 0 aliphatic carbocycles. The van der Waals surface area contributed by atoms with E-state index in [9.17, 15) is 4.79 Å². The summed E-state index contributed by atoms with van der Waals surface area (Å²) in [5, 5.41) is 1.30. The quantitative estimate of drug-likeness (QED) is 0.319. The van der Waals surface area contributed by atoms with Crippen molar-refractivity contribution in [1.29, 1.82) is 0 Å². The number of carbonyl (C=O) groups excluding carboxylic acids is 1. The largest absolute Gasteiger partial charge is 0.496 e. The van der Waals surface area contributed by atoms with Gasteiger partial charge in [-0.15, -0.1) is 0 Å². The number of H-pyrrole nitrogens is 1. The van der Waals surface area contributed by atoms with Crippen LogP contribution in [-0.4, -0.2) is 103 Å². The zero-order valence-electron chi connectivity index (χ0n) is 23.2. The second-order valence-electron chi connectivity index (χ2n) is 10.5. The van der Waals surface area contributed by atoms with Crippen LogP contribution < -0.4 is 10.5 Å². The molecule has 4 heterocycles. The number of halogens is 1. The number of nitrogens with one attached hydrogen (secondary N) is 1. The molecule has 4 aromatic rings. The molecule has 0 radical (unpaired) electrons. The van der Waals surface area contributed by atoms with Crippen molar-refractivity contribution in [3.8, 4) is 28.0 Å². The number of para-hydroxylation sites is 1. The predicted octanol–water partition coefficient (Wildman–Crippen LogP) is 4.23. The topological polar surface area (TPSA) is 99.9 Å². The van der Waals surface area contributed by atoms with Crippen molar-refractivity contribution in [2.24, 2.45) is 0 Å². The molecule has 214 valence electrons. The normalized spacial score (nSPS) is 16.8. The third-order valence-electron chi connectivity index (χ3n) is 8.12. The minimum atomic E-state index is -0.0931. The Labute approximate surface area is 244 Å². The summed E-state index contributed by atoms with van der Waals surface area (Å²) in [6, 6.07) is 13.6. The van der Waals surface area contributed by atoms with Crippen LogP contribution in [0.5, 0.6) is 5.75 Å². The molecule has 6 rings (SSSR count). The Morgan fingerprint density at radius 1 is 1.00 bits per heavy atom. The first-order valence-corrected chi connectivity index (χ1v) is 14.4. The Morgan fingerprint density at radius 2 is 1.73 bits per heavy atom. The van der Waals surface area contributed by atoms with Crippen LogP contribution in [0.25, 0.3) is 33.3 Å². The monoisotopic (exact) mass is 574 g/mol. The number of pyridine rings is 1. The van der Waals surface area contributed by atoms with Crippen LogP contribution in [0.4, 0.5) is 5.69 Å². The van der Waals surface area contributed by atoms with Gasteiger partial charge in [0.05, 0.1) is 36.6 Å². The number of hydrogen-bond acceptors (Lipinski definition) is 7. The Bertz CT molecular complexity index is 1540. The number of amides is 1. The number of rotatable bonds is 7. The summed E-state index contributed by atoms with van der Waals surface area (Å²) in [5.74, 6) is 0.688. The summed E-state index contributed by atoms with van der Waals surface area (Å²) < 4.78 is 11.0. The maximum Gasteiger partial charge on any atom is 0.256 e. The average Bonchev–Trinajstić information content (AvgIpc) is 3.45. The molecule has 3 N–H and O–H groups in total. The lowest BCUT2D eigenvalue weighted by atomic mass is 9.99. The minimum Gasteiger partial charge on any atom is -0.496 e. The molecule has 2 aliphatic heterocycles. The lowest BCUT2D eigenvalue weighted by Crippen LogP contribution is -2.51. The number of fused-ring (bicyclic) bond motifs is 1. The van der Waals surface area contributed by atoms with Crippen LogP contribution >= 0.6 is 11.6 Å². The molecule has 0 atom stereocenters. The van der Waals surface area contributed by atoms with Crippen molar-refractivity contribution in [2.75, 3.05) is 78.4 Å². The Morgan fingerprint density at radius 3 is 2.49 bits per heavy atom. The molecule has 2 aromatic heterocycles. The summed E-state index contributed by atoms with van der Waals surface area (Å²) >= 11 is 6.59. The number of piperazine rings is 1. The first-order chi connectivity index (χ1) is 20.0. The zero-order chi connectivity index (χ0) is 28.3. The molecule has 2 saturated heterocycles. The summed E-state index contributed by atoms with van der Waals surface area (Å²) in [6.45, 7) is 8.60. The number of anilines is 1. The fraction of sp³-hybridized carbons (Fsp3) is 0.355. The van der Waals surface area contributed by atoms with Gasteiger partial charge in [0.15, 0.2) is 0 Å². The van der Waals surface area contributed by atoms with Crippen LogP contribution in [0.1, 0.15) is 10.4 Å². The van der Waals surface area contributed by atoms with E-state index in [4.69, 9.17) is 26.8 Å². The fourth-order valence-electron chi connectivity index (χ4n) is 5.67. The summed E-state index contributed by atoms with van der Waals surface area (Å²) in [7, 11) is 1.66. The highest BCUT2D eigenvalue weighted by Crippen LogP contribution is 2.37. The predicted molar refractivity (Wildman–Crippen MR) is 163 cm³/mol. The van der Waals surface area contributed by atoms with Crippen LogP contribution in [0.2, 0.25) is 5.02 Å². The molecule has 10 heteroatoms. The van der Waals surface area contributed by atoms with Gasteiger partial charge in [-0.3, -0.25) is 14.6 Å². The third kappa shape index (κ3) is 5.76. The lowest BCUT2D eigenvalue weighted by molar-refractivity contribution is 0.0293. The molecule has 9 nitrogen and oxygen atoms in total. The maximum atomic E-state index is 13.7. The van der Waals surface area contributed by atoms with Crippen molar-refractivity contribution in [2.45, 2.75) is 0 Å². The van der Waals surface area contributed by atoms with Crippen molar-refractivity contribution >= 4 is 34.2 Å². The van der Waals surface area contributed by atoms with Gasteiger partial charge >= 0.3 is 0 Å². The number of benzene rings is 2. The number of nitrogen functional groups attached to an aromatic ring is 1. The van der Waals surface area contributed by atoms with Crippen molar-refractivity contribution < 1.29 is 14.3 Å². The second-order valence-corrected chi connectivity index (χ2v) is 10.9. The number of nitrogens with zero attached hydrogens (tertiary/aromatic N) is 4. The maximum absolute atomic E-state index is 13.7. The van der Waals surface area contributed by atoms with E-state index in [1.54, 1.807) is 19.4 Å². The summed E-state index contributed by atoms with van der Waals surface area (Å²) in [5.41, 5.74) is 11.4. The number of hydrogen-bond donors (Lipinski definition) is 2. The first-order valence-electron chi connectivity index (χ1n) is 14.0. The van der Waals surface area contributed by atoms with E-state index in [0.717, 1.165) is 91.5 Å². The van der Waals surface area contributed by atoms with Crippen LogP contribution in [-0.2, 0) is 4.74 Å². The standard InChI is InChI=1S/C31H35ClN6O3/c1-40-28-5-3-2-4-23(28)26-20-35-30-24(26)17-22(19-34-30)21-16-25(29(33)27(32)18-21)31(39)38-10-8-36(9-11-38)6-7-37-12-14-41-15-13-37/h2-5,16-20H,6-15,33H2,1H3,(H,34,35). The van der Waals surface area contributed by atoms with Crippen LogP contribution in [0.3, 0.4) is 0 Å². The smallest absolute Gasteiger partial charge is 0.256 e. The number of aromatic amines is 1. The molecule has 2 aromatic carbocycles. The number of carbonyl (C=O) groups is 1. The van der Waals surface area contributed by atoms with E-state index >= 15 is 0 Å². The minimum absolute atomic E-state index is 0.0931. The van der Waals surface area contributed by atoms with Gasteiger partial charge in [0.2, 0.25) is 0 Å². The van der Waals surface area contributed by atoms with Gasteiger partial charge in [-0.05, 0) is 29.8 Å². The molecule has 41 heavy (non-hydrogen) atoms. The second kappa shape index (κ2) is 12.1. The Kier molecular flexibility index (Phi) is 8.11. The van der Waals surface area contributed by atoms with Gasteiger partial charge in [0.1, 0.15) is 11.4 Å². The van der Waals surface area contributed by atoms with E-state index in [0.29, 0.717) is 29.4 Å². The first kappa shape index (κ1) is 27.5. The van der Waals surface area contributed by atoms with Gasteiger partial charge in [-0.2, -0.15) is 0 Å². The van der Waals surface area contributed by atoms with E-state index in [1.165, 1.54) is 0 Å². The van der Waals surface area contributed by atoms with Gasteiger partial charge in [-0.1, -0.05) is 29.8 Å². The SMILES string of the molecule is COc1ccccc1-c1c[nH]c2ncc(-c3cc(Cl)c(N)c(C(=O)N4CCN(CCN5CCOCC5)CC4)c3)cc12. The number of aromatic nitrogens is 2. The molecule has 2 aliphatic rings. The summed E-state index contributed by atoms with van der Waals surface area (Å²) in [6.07, 6.45) is 3.72. The highest BCUT2D eigenvalue weighted by molar-refractivity contribution is 6.34. The van der Waals surface area contributed by atoms with Crippen LogP contribution in [0, 0.1) is 0 Å². The molecular weight excluding hydrogens is 540 g/mol. The molecular formula is C31H35ClN6O3. The zero-order valence-corrected chi connectivity index (χ0v) is 24.0. The van der Waals surface area contributed by atoms with Gasteiger partial charge in [0, 0.05) is 86.8 Å². The van der Waals surface area contributed by atoms with Gasteiger partial charge in [-0.25, -0.2) is 4.98 Å². The third-order valence-corrected chi connectivity index (χ3v) is 8.43. The molecule has 0 saturated carbocycles. The fourth-order valence-corrected chi connectivity index (χ4v) is 5.88. The van der Waals surface area contributed by atoms with E-state index in [2.05, 4.69) is 25.8 Å². The Hall–Kier alpha value is -3.63. The molecule has 2 fully saturated rings. The number of morpholine rings is 1. The number of nitrogens with two attached hydrogens (primary N) is 1. The molecule has 0 unspecified atom stereocenters. The van der Waals surface area contributed by atoms with Crippen molar-refractivity contribution in [3.63, 3.8) is 0 Å². The van der Waals surface area contributed by atoms with E-state index in [-0.39, 0.29) is 5.91 Å². The lowest BCUT2D eigenvalue weighted by Gasteiger charge is -2.36.